The van der Waals surface area contributed by atoms with Crippen LogP contribution in [0, 0.1) is 5.82 Å². The molecule has 11 heteroatoms. The van der Waals surface area contributed by atoms with Gasteiger partial charge >= 0.3 is 0 Å². The Bertz CT molecular complexity index is 1090. The molecular formula is C20H22Cl2FN3O4S. The van der Waals surface area contributed by atoms with Crippen LogP contribution in [0.1, 0.15) is 13.8 Å². The summed E-state index contributed by atoms with van der Waals surface area (Å²) < 4.78 is 45.9. The molecule has 0 aliphatic carbocycles. The number of carbonyl (C=O) groups is 1. The topological polar surface area (TPSA) is 87.7 Å². The molecule has 1 fully saturated rings. The molecule has 2 aromatic rings. The van der Waals surface area contributed by atoms with Crippen LogP contribution in [-0.2, 0) is 19.6 Å². The lowest BCUT2D eigenvalue weighted by Gasteiger charge is -2.28. The average molecular weight is 490 g/mol. The third-order valence-electron chi connectivity index (χ3n) is 4.72. The van der Waals surface area contributed by atoms with Crippen molar-refractivity contribution in [2.45, 2.75) is 24.3 Å². The molecule has 3 rings (SSSR count). The summed E-state index contributed by atoms with van der Waals surface area (Å²) in [6.45, 7) is 4.36. The van der Waals surface area contributed by atoms with Gasteiger partial charge in [0.25, 0.3) is 0 Å². The summed E-state index contributed by atoms with van der Waals surface area (Å²) in [6, 6.07) is 8.30. The summed E-state index contributed by atoms with van der Waals surface area (Å²) >= 11 is 11.9. The molecule has 0 radical (unpaired) electrons. The molecule has 0 atom stereocenters. The van der Waals surface area contributed by atoms with E-state index in [0.717, 1.165) is 6.07 Å². The second-order valence-electron chi connectivity index (χ2n) is 7.49. The predicted molar refractivity (Wildman–Crippen MR) is 119 cm³/mol. The number of benzene rings is 2. The Labute approximate surface area is 190 Å². The molecule has 1 amide bonds. The van der Waals surface area contributed by atoms with Gasteiger partial charge in [-0.25, -0.2) is 12.8 Å². The van der Waals surface area contributed by atoms with Gasteiger partial charge in [-0.2, -0.15) is 4.31 Å². The summed E-state index contributed by atoms with van der Waals surface area (Å²) in [4.78, 5) is 12.7. The van der Waals surface area contributed by atoms with Gasteiger partial charge in [-0.3, -0.25) is 4.79 Å². The molecule has 2 aromatic carbocycles. The van der Waals surface area contributed by atoms with E-state index in [1.807, 2.05) is 0 Å². The molecular weight excluding hydrogens is 468 g/mol. The van der Waals surface area contributed by atoms with Crippen molar-refractivity contribution in [1.29, 1.82) is 0 Å². The number of anilines is 2. The molecule has 2 N–H and O–H groups in total. The maximum atomic E-state index is 13.3. The van der Waals surface area contributed by atoms with E-state index in [9.17, 15) is 17.6 Å². The fraction of sp³-hybridized carbons (Fsp3) is 0.350. The van der Waals surface area contributed by atoms with Gasteiger partial charge in [0.15, 0.2) is 0 Å². The van der Waals surface area contributed by atoms with Gasteiger partial charge in [0.05, 0.1) is 23.3 Å². The third kappa shape index (κ3) is 5.48. The lowest BCUT2D eigenvalue weighted by Crippen LogP contribution is -2.44. The van der Waals surface area contributed by atoms with Crippen LogP contribution in [0.2, 0.25) is 10.0 Å². The van der Waals surface area contributed by atoms with E-state index in [-0.39, 0.29) is 28.0 Å². The fourth-order valence-corrected chi connectivity index (χ4v) is 5.07. The second kappa shape index (κ2) is 9.30. The molecule has 168 valence electrons. The molecule has 0 spiro atoms. The van der Waals surface area contributed by atoms with E-state index in [1.54, 1.807) is 19.9 Å². The van der Waals surface area contributed by atoms with E-state index in [0.29, 0.717) is 24.6 Å². The second-order valence-corrected chi connectivity index (χ2v) is 10.2. The average Bonchev–Trinajstić information content (AvgIpc) is 2.72. The van der Waals surface area contributed by atoms with E-state index < -0.39 is 27.3 Å². The van der Waals surface area contributed by atoms with Crippen LogP contribution < -0.4 is 10.6 Å². The minimum Gasteiger partial charge on any atom is -0.379 e. The predicted octanol–water partition coefficient (Wildman–Crippen LogP) is 3.98. The Hall–Kier alpha value is -1.91. The summed E-state index contributed by atoms with van der Waals surface area (Å²) in [6.07, 6.45) is 0. The maximum absolute atomic E-state index is 13.3. The van der Waals surface area contributed by atoms with E-state index in [4.69, 9.17) is 27.9 Å². The molecule has 1 heterocycles. The zero-order valence-electron chi connectivity index (χ0n) is 16.9. The van der Waals surface area contributed by atoms with Crippen molar-refractivity contribution in [2.75, 3.05) is 36.9 Å². The van der Waals surface area contributed by atoms with Gasteiger partial charge in [-0.05, 0) is 50.2 Å². The van der Waals surface area contributed by atoms with Crippen molar-refractivity contribution >= 4 is 50.5 Å². The Balaban J connectivity index is 1.80. The minimum absolute atomic E-state index is 0.0532. The minimum atomic E-state index is -3.82. The van der Waals surface area contributed by atoms with E-state index in [1.165, 1.54) is 28.6 Å². The summed E-state index contributed by atoms with van der Waals surface area (Å²) in [7, 11) is -3.82. The lowest BCUT2D eigenvalue weighted by atomic mass is 10.0. The number of morpholine rings is 1. The van der Waals surface area contributed by atoms with Gasteiger partial charge in [0, 0.05) is 24.5 Å². The monoisotopic (exact) mass is 489 g/mol. The highest BCUT2D eigenvalue weighted by molar-refractivity contribution is 7.89. The van der Waals surface area contributed by atoms with Crippen LogP contribution in [0.15, 0.2) is 41.3 Å². The van der Waals surface area contributed by atoms with E-state index >= 15 is 0 Å². The zero-order valence-corrected chi connectivity index (χ0v) is 19.2. The molecule has 1 saturated heterocycles. The van der Waals surface area contributed by atoms with Gasteiger partial charge in [-0.15, -0.1) is 0 Å². The first kappa shape index (κ1) is 23.7. The standard InChI is InChI=1S/C20H22Cl2FN3O4S/c1-20(2,19(27)24-13-4-6-17(23)16(22)11-13)25-14-3-5-15(21)18(12-14)31(28,29)26-7-9-30-10-8-26/h3-6,11-12,25H,7-10H2,1-2H3,(H,24,27). The Kier molecular flexibility index (Phi) is 7.12. The Morgan fingerprint density at radius 1 is 1.06 bits per heavy atom. The molecule has 0 unspecified atom stereocenters. The number of halogens is 3. The number of ether oxygens (including phenoxy) is 1. The zero-order chi connectivity index (χ0) is 22.8. The number of carbonyl (C=O) groups excluding carboxylic acids is 1. The number of sulfonamides is 1. The molecule has 7 nitrogen and oxygen atoms in total. The highest BCUT2D eigenvalue weighted by Crippen LogP contribution is 2.30. The Morgan fingerprint density at radius 2 is 1.71 bits per heavy atom. The van der Waals surface area contributed by atoms with Crippen LogP contribution in [0.5, 0.6) is 0 Å². The molecule has 0 saturated carbocycles. The first-order valence-electron chi connectivity index (χ1n) is 9.43. The van der Waals surface area contributed by atoms with Crippen LogP contribution in [0.3, 0.4) is 0 Å². The number of hydrogen-bond acceptors (Lipinski definition) is 5. The first-order valence-corrected chi connectivity index (χ1v) is 11.6. The van der Waals surface area contributed by atoms with Crippen LogP contribution in [0.4, 0.5) is 15.8 Å². The van der Waals surface area contributed by atoms with Gasteiger partial charge in [0.1, 0.15) is 16.3 Å². The fourth-order valence-electron chi connectivity index (χ4n) is 2.98. The van der Waals surface area contributed by atoms with Crippen molar-refractivity contribution in [3.63, 3.8) is 0 Å². The van der Waals surface area contributed by atoms with Crippen molar-refractivity contribution in [3.8, 4) is 0 Å². The number of nitrogens with one attached hydrogen (secondary N) is 2. The van der Waals surface area contributed by atoms with Crippen LogP contribution in [0.25, 0.3) is 0 Å². The maximum Gasteiger partial charge on any atom is 0.249 e. The molecule has 31 heavy (non-hydrogen) atoms. The highest BCUT2D eigenvalue weighted by Gasteiger charge is 2.31. The summed E-state index contributed by atoms with van der Waals surface area (Å²) in [5.41, 5.74) is -0.416. The SMILES string of the molecule is CC(C)(Nc1ccc(Cl)c(S(=O)(=O)N2CCOCC2)c1)C(=O)Nc1ccc(F)c(Cl)c1. The Morgan fingerprint density at radius 3 is 2.35 bits per heavy atom. The largest absolute Gasteiger partial charge is 0.379 e. The summed E-state index contributed by atoms with van der Waals surface area (Å²) in [5, 5.41) is 5.65. The molecule has 0 bridgehead atoms. The first-order chi connectivity index (χ1) is 14.5. The number of rotatable bonds is 6. The van der Waals surface area contributed by atoms with E-state index in [2.05, 4.69) is 10.6 Å². The smallest absolute Gasteiger partial charge is 0.249 e. The summed E-state index contributed by atoms with van der Waals surface area (Å²) in [5.74, 6) is -1.02. The lowest BCUT2D eigenvalue weighted by molar-refractivity contribution is -0.119. The third-order valence-corrected chi connectivity index (χ3v) is 7.39. The number of amides is 1. The van der Waals surface area contributed by atoms with Crippen molar-refractivity contribution in [3.05, 3.63) is 52.3 Å². The normalized spacial score (nSPS) is 15.5. The van der Waals surface area contributed by atoms with Gasteiger partial charge in [-0.1, -0.05) is 23.2 Å². The van der Waals surface area contributed by atoms with Crippen LogP contribution in [-0.4, -0.2) is 50.5 Å². The quantitative estimate of drug-likeness (QED) is 0.640. The number of nitrogens with zero attached hydrogens (tertiary/aromatic N) is 1. The van der Waals surface area contributed by atoms with Crippen LogP contribution >= 0.6 is 23.2 Å². The van der Waals surface area contributed by atoms with Crippen molar-refractivity contribution in [2.24, 2.45) is 0 Å². The molecule has 1 aliphatic heterocycles. The van der Waals surface area contributed by atoms with Crippen molar-refractivity contribution in [1.82, 2.24) is 4.31 Å². The molecule has 1 aliphatic rings. The number of hydrogen-bond donors (Lipinski definition) is 2. The van der Waals surface area contributed by atoms with Gasteiger partial charge in [0.2, 0.25) is 15.9 Å². The van der Waals surface area contributed by atoms with Gasteiger partial charge < -0.3 is 15.4 Å². The van der Waals surface area contributed by atoms with Crippen molar-refractivity contribution < 1.29 is 22.3 Å². The molecule has 0 aromatic heterocycles. The highest BCUT2D eigenvalue weighted by atomic mass is 35.5.